The van der Waals surface area contributed by atoms with E-state index >= 15 is 0 Å². The molecule has 1 aliphatic heterocycles. The Kier molecular flexibility index (Phi) is 12.1. The Morgan fingerprint density at radius 2 is 1.79 bits per heavy atom. The SMILES string of the molecule is C/C=C1/CCC(C)(CC/C=C(\C)CC/C=C(\C)CCCCC)OC1C(C)CC. The molecule has 1 saturated heterocycles. The topological polar surface area (TPSA) is 9.23 Å². The molecule has 0 radical (unpaired) electrons. The van der Waals surface area contributed by atoms with Crippen LogP contribution in [-0.4, -0.2) is 11.7 Å². The summed E-state index contributed by atoms with van der Waals surface area (Å²) in [5, 5.41) is 0. The monoisotopic (exact) mass is 388 g/mol. The number of allylic oxidation sites excluding steroid dienone is 5. The summed E-state index contributed by atoms with van der Waals surface area (Å²) in [6, 6.07) is 0. The number of hydrogen-bond donors (Lipinski definition) is 0. The van der Waals surface area contributed by atoms with Crippen molar-refractivity contribution in [3.05, 3.63) is 34.9 Å². The van der Waals surface area contributed by atoms with Crippen LogP contribution in [-0.2, 0) is 4.74 Å². The second-order valence-electron chi connectivity index (χ2n) is 9.37. The lowest BCUT2D eigenvalue weighted by Crippen LogP contribution is -2.42. The van der Waals surface area contributed by atoms with Crippen molar-refractivity contribution in [2.75, 3.05) is 0 Å². The minimum absolute atomic E-state index is 0.0349. The van der Waals surface area contributed by atoms with Crippen LogP contribution >= 0.6 is 0 Å². The Balaban J connectivity index is 2.44. The lowest BCUT2D eigenvalue weighted by molar-refractivity contribution is -0.114. The quantitative estimate of drug-likeness (QED) is 0.239. The van der Waals surface area contributed by atoms with Crippen LogP contribution < -0.4 is 0 Å². The summed E-state index contributed by atoms with van der Waals surface area (Å²) in [6.07, 6.45) is 21.0. The van der Waals surface area contributed by atoms with E-state index in [0.29, 0.717) is 12.0 Å². The molecule has 0 aromatic carbocycles. The summed E-state index contributed by atoms with van der Waals surface area (Å²) < 4.78 is 6.66. The summed E-state index contributed by atoms with van der Waals surface area (Å²) >= 11 is 0. The van der Waals surface area contributed by atoms with Gasteiger partial charge in [-0.3, -0.25) is 0 Å². The van der Waals surface area contributed by atoms with E-state index in [4.69, 9.17) is 4.74 Å². The minimum Gasteiger partial charge on any atom is -0.367 e. The summed E-state index contributed by atoms with van der Waals surface area (Å²) in [6.45, 7) is 16.0. The molecule has 3 unspecified atom stereocenters. The van der Waals surface area contributed by atoms with E-state index in [0.717, 1.165) is 19.3 Å². The molecule has 1 rings (SSSR count). The van der Waals surface area contributed by atoms with Gasteiger partial charge in [-0.1, -0.05) is 69.4 Å². The van der Waals surface area contributed by atoms with Crippen LogP contribution in [0.15, 0.2) is 34.9 Å². The van der Waals surface area contributed by atoms with Gasteiger partial charge in [0.1, 0.15) is 0 Å². The molecule has 0 spiro atoms. The van der Waals surface area contributed by atoms with Gasteiger partial charge in [-0.15, -0.1) is 0 Å². The fraction of sp³-hybridized carbons (Fsp3) is 0.778. The van der Waals surface area contributed by atoms with E-state index in [-0.39, 0.29) is 5.60 Å². The van der Waals surface area contributed by atoms with Gasteiger partial charge in [0, 0.05) is 0 Å². The molecule has 162 valence electrons. The third-order valence-corrected chi connectivity index (χ3v) is 6.62. The van der Waals surface area contributed by atoms with E-state index in [1.54, 1.807) is 5.57 Å². The summed E-state index contributed by atoms with van der Waals surface area (Å²) in [5.41, 5.74) is 4.65. The molecular weight excluding hydrogens is 340 g/mol. The minimum atomic E-state index is 0.0349. The first-order valence-corrected chi connectivity index (χ1v) is 12.0. The molecule has 28 heavy (non-hydrogen) atoms. The summed E-state index contributed by atoms with van der Waals surface area (Å²) in [4.78, 5) is 0. The molecule has 1 fully saturated rings. The second-order valence-corrected chi connectivity index (χ2v) is 9.37. The van der Waals surface area contributed by atoms with E-state index in [2.05, 4.69) is 66.7 Å². The van der Waals surface area contributed by atoms with Crippen LogP contribution in [0, 0.1) is 5.92 Å². The molecule has 0 bridgehead atoms. The fourth-order valence-corrected chi connectivity index (χ4v) is 4.21. The van der Waals surface area contributed by atoms with Crippen LogP contribution in [0.2, 0.25) is 0 Å². The predicted octanol–water partition coefficient (Wildman–Crippen LogP) is 8.95. The third kappa shape index (κ3) is 9.12. The normalized spacial score (nSPS) is 26.7. The van der Waals surface area contributed by atoms with E-state index in [9.17, 15) is 0 Å². The second kappa shape index (κ2) is 13.4. The zero-order valence-electron chi connectivity index (χ0n) is 20.1. The highest BCUT2D eigenvalue weighted by Crippen LogP contribution is 2.38. The van der Waals surface area contributed by atoms with Crippen molar-refractivity contribution in [1.82, 2.24) is 0 Å². The Labute approximate surface area is 176 Å². The molecule has 0 aliphatic carbocycles. The van der Waals surface area contributed by atoms with Crippen molar-refractivity contribution in [1.29, 1.82) is 0 Å². The van der Waals surface area contributed by atoms with Gasteiger partial charge in [0.2, 0.25) is 0 Å². The van der Waals surface area contributed by atoms with Gasteiger partial charge in [0.15, 0.2) is 0 Å². The van der Waals surface area contributed by atoms with Gasteiger partial charge >= 0.3 is 0 Å². The van der Waals surface area contributed by atoms with Crippen molar-refractivity contribution in [2.45, 2.75) is 131 Å². The largest absolute Gasteiger partial charge is 0.367 e. The van der Waals surface area contributed by atoms with Gasteiger partial charge in [0.05, 0.1) is 11.7 Å². The molecule has 0 N–H and O–H groups in total. The van der Waals surface area contributed by atoms with Crippen LogP contribution in [0.3, 0.4) is 0 Å². The van der Waals surface area contributed by atoms with Crippen LogP contribution in [0.25, 0.3) is 0 Å². The van der Waals surface area contributed by atoms with Crippen molar-refractivity contribution in [3.8, 4) is 0 Å². The average molecular weight is 389 g/mol. The predicted molar refractivity (Wildman–Crippen MR) is 126 cm³/mol. The highest BCUT2D eigenvalue weighted by Gasteiger charge is 2.36. The van der Waals surface area contributed by atoms with Crippen LogP contribution in [0.4, 0.5) is 0 Å². The van der Waals surface area contributed by atoms with E-state index in [1.165, 1.54) is 62.5 Å². The molecule has 0 aromatic rings. The molecule has 1 heterocycles. The maximum Gasteiger partial charge on any atom is 0.0817 e. The molecule has 1 heteroatoms. The van der Waals surface area contributed by atoms with Crippen LogP contribution in [0.5, 0.6) is 0 Å². The molecule has 0 amide bonds. The number of unbranched alkanes of at least 4 members (excludes halogenated alkanes) is 2. The first kappa shape index (κ1) is 25.2. The zero-order chi connectivity index (χ0) is 21.0. The third-order valence-electron chi connectivity index (χ3n) is 6.62. The molecule has 3 atom stereocenters. The standard InChI is InChI=1S/C27H48O/c1-8-11-12-15-22(4)16-13-17-23(5)18-14-20-27(7)21-19-25(10-3)26(28-27)24(6)9-2/h10,16,18,24,26H,8-9,11-15,17,19-21H2,1-7H3/b22-16+,23-18+,25-10-. The van der Waals surface area contributed by atoms with Crippen LogP contribution in [0.1, 0.15) is 119 Å². The maximum absolute atomic E-state index is 6.66. The van der Waals surface area contributed by atoms with Crippen molar-refractivity contribution < 1.29 is 4.74 Å². The number of hydrogen-bond acceptors (Lipinski definition) is 1. The summed E-state index contributed by atoms with van der Waals surface area (Å²) in [5.74, 6) is 0.607. The smallest absolute Gasteiger partial charge is 0.0817 e. The Hall–Kier alpha value is -0.820. The molecule has 1 aliphatic rings. The molecule has 0 aromatic heterocycles. The fourth-order valence-electron chi connectivity index (χ4n) is 4.21. The highest BCUT2D eigenvalue weighted by atomic mass is 16.5. The van der Waals surface area contributed by atoms with Gasteiger partial charge in [-0.05, 0) is 90.6 Å². The Bertz CT molecular complexity index is 524. The zero-order valence-corrected chi connectivity index (χ0v) is 20.1. The van der Waals surface area contributed by atoms with Crippen molar-refractivity contribution >= 4 is 0 Å². The Morgan fingerprint density at radius 3 is 2.43 bits per heavy atom. The first-order chi connectivity index (χ1) is 13.3. The first-order valence-electron chi connectivity index (χ1n) is 12.0. The number of ether oxygens (including phenoxy) is 1. The molecule has 1 nitrogen and oxygen atoms in total. The van der Waals surface area contributed by atoms with Gasteiger partial charge in [0.25, 0.3) is 0 Å². The molecular formula is C27H48O. The lowest BCUT2D eigenvalue weighted by Gasteiger charge is -2.42. The van der Waals surface area contributed by atoms with Gasteiger partial charge < -0.3 is 4.74 Å². The Morgan fingerprint density at radius 1 is 1.11 bits per heavy atom. The number of rotatable bonds is 12. The maximum atomic E-state index is 6.66. The van der Waals surface area contributed by atoms with Crippen molar-refractivity contribution in [2.24, 2.45) is 5.92 Å². The summed E-state index contributed by atoms with van der Waals surface area (Å²) in [7, 11) is 0. The van der Waals surface area contributed by atoms with E-state index in [1.807, 2.05) is 0 Å². The average Bonchev–Trinajstić information content (AvgIpc) is 2.67. The molecule has 0 saturated carbocycles. The van der Waals surface area contributed by atoms with Crippen molar-refractivity contribution in [3.63, 3.8) is 0 Å². The van der Waals surface area contributed by atoms with Gasteiger partial charge in [-0.25, -0.2) is 0 Å². The highest BCUT2D eigenvalue weighted by molar-refractivity contribution is 5.13. The van der Waals surface area contributed by atoms with Gasteiger partial charge in [-0.2, -0.15) is 0 Å². The van der Waals surface area contributed by atoms with E-state index < -0.39 is 0 Å². The lowest BCUT2D eigenvalue weighted by atomic mass is 9.82.